The molecule has 2 aromatic heterocycles. The summed E-state index contributed by atoms with van der Waals surface area (Å²) in [5.41, 5.74) is 7.81. The van der Waals surface area contributed by atoms with Crippen LogP contribution in [-0.4, -0.2) is 21.4 Å². The van der Waals surface area contributed by atoms with E-state index in [2.05, 4.69) is 88.0 Å². The third kappa shape index (κ3) is 6.41. The second-order valence-corrected chi connectivity index (χ2v) is 9.40. The van der Waals surface area contributed by atoms with Gasteiger partial charge < -0.3 is 5.32 Å². The van der Waals surface area contributed by atoms with Crippen molar-refractivity contribution < 1.29 is 0 Å². The molecule has 0 spiro atoms. The molecule has 2 aromatic carbocycles. The number of fused-ring (bicyclic) bond motifs is 1. The van der Waals surface area contributed by atoms with E-state index in [1.807, 2.05) is 24.5 Å². The molecule has 5 rings (SSSR count). The van der Waals surface area contributed by atoms with E-state index in [9.17, 15) is 0 Å². The molecule has 0 amide bonds. The summed E-state index contributed by atoms with van der Waals surface area (Å²) in [6.45, 7) is 3.59. The average molecular weight is 463 g/mol. The molecule has 1 aliphatic rings. The number of aromatic nitrogens is 2. The van der Waals surface area contributed by atoms with E-state index in [4.69, 9.17) is 4.98 Å². The minimum absolute atomic E-state index is 0.378. The number of aryl methyl sites for hydroxylation is 1. The number of nitrogens with zero attached hydrogens (tertiary/aromatic N) is 3. The average Bonchev–Trinajstić information content (AvgIpc) is 2.93. The van der Waals surface area contributed by atoms with E-state index in [0.717, 1.165) is 44.7 Å². The molecule has 178 valence electrons. The van der Waals surface area contributed by atoms with Crippen LogP contribution in [0.1, 0.15) is 52.5 Å². The Balaban J connectivity index is 1.26. The van der Waals surface area contributed by atoms with Gasteiger partial charge in [-0.05, 0) is 66.1 Å². The summed E-state index contributed by atoms with van der Waals surface area (Å²) >= 11 is 0. The summed E-state index contributed by atoms with van der Waals surface area (Å²) in [6, 6.07) is 30.7. The highest BCUT2D eigenvalue weighted by Crippen LogP contribution is 2.34. The fourth-order valence-electron chi connectivity index (χ4n) is 5.04. The summed E-state index contributed by atoms with van der Waals surface area (Å²) in [7, 11) is 0. The van der Waals surface area contributed by atoms with E-state index < -0.39 is 0 Å². The van der Waals surface area contributed by atoms with Crippen molar-refractivity contribution in [3.05, 3.63) is 131 Å². The van der Waals surface area contributed by atoms with Crippen LogP contribution in [0, 0.1) is 0 Å². The Bertz CT molecular complexity index is 1180. The molecule has 0 aliphatic heterocycles. The molecule has 0 fully saturated rings. The maximum absolute atomic E-state index is 4.84. The van der Waals surface area contributed by atoms with Crippen molar-refractivity contribution in [3.8, 4) is 0 Å². The zero-order valence-corrected chi connectivity index (χ0v) is 20.3. The van der Waals surface area contributed by atoms with E-state index in [0.29, 0.717) is 6.04 Å². The molecule has 1 atom stereocenters. The van der Waals surface area contributed by atoms with Crippen molar-refractivity contribution in [2.45, 2.75) is 51.4 Å². The number of benzene rings is 2. The molecule has 1 N–H and O–H groups in total. The van der Waals surface area contributed by atoms with Crippen molar-refractivity contribution in [2.24, 2.45) is 0 Å². The summed E-state index contributed by atoms with van der Waals surface area (Å²) in [5, 5.41) is 3.50. The van der Waals surface area contributed by atoms with Crippen LogP contribution in [0.5, 0.6) is 0 Å². The van der Waals surface area contributed by atoms with E-state index in [-0.39, 0.29) is 0 Å². The van der Waals surface area contributed by atoms with Crippen molar-refractivity contribution >= 4 is 0 Å². The fraction of sp³-hybridized carbons (Fsp3) is 0.290. The van der Waals surface area contributed by atoms with Crippen LogP contribution in [0.25, 0.3) is 0 Å². The van der Waals surface area contributed by atoms with Crippen molar-refractivity contribution in [2.75, 3.05) is 6.54 Å². The number of hydrogen-bond acceptors (Lipinski definition) is 4. The number of hydrogen-bond donors (Lipinski definition) is 1. The molecule has 0 bridgehead atoms. The van der Waals surface area contributed by atoms with Gasteiger partial charge in [0.15, 0.2) is 0 Å². The van der Waals surface area contributed by atoms with Crippen LogP contribution in [-0.2, 0) is 32.5 Å². The van der Waals surface area contributed by atoms with Crippen molar-refractivity contribution in [1.29, 1.82) is 0 Å². The first kappa shape index (κ1) is 23.4. The lowest BCUT2D eigenvalue weighted by molar-refractivity contribution is 0.168. The van der Waals surface area contributed by atoms with Gasteiger partial charge in [-0.2, -0.15) is 0 Å². The molecular weight excluding hydrogens is 428 g/mol. The molecule has 0 radical (unpaired) electrons. The molecule has 4 aromatic rings. The predicted molar refractivity (Wildman–Crippen MR) is 142 cm³/mol. The van der Waals surface area contributed by atoms with Crippen LogP contribution in [0.4, 0.5) is 0 Å². The molecule has 0 saturated carbocycles. The lowest BCUT2D eigenvalue weighted by atomic mass is 9.90. The molecule has 4 heteroatoms. The topological polar surface area (TPSA) is 41.0 Å². The SMILES string of the molecule is c1ccc(CCN(Cc2ccc(CNCc3ccccn3)cc2)C2CCCc3cccnc32)cc1. The molecule has 2 heterocycles. The van der Waals surface area contributed by atoms with E-state index >= 15 is 0 Å². The number of nitrogens with one attached hydrogen (secondary N) is 1. The summed E-state index contributed by atoms with van der Waals surface area (Å²) in [6.07, 6.45) is 8.40. The van der Waals surface area contributed by atoms with Crippen LogP contribution < -0.4 is 5.32 Å². The first-order chi connectivity index (χ1) is 17.3. The Kier molecular flexibility index (Phi) is 7.94. The third-order valence-electron chi connectivity index (χ3n) is 6.91. The Morgan fingerprint density at radius 3 is 2.37 bits per heavy atom. The zero-order chi connectivity index (χ0) is 23.7. The van der Waals surface area contributed by atoms with Gasteiger partial charge in [0.05, 0.1) is 17.4 Å². The summed E-state index contributed by atoms with van der Waals surface area (Å²) < 4.78 is 0. The number of pyridine rings is 2. The van der Waals surface area contributed by atoms with Crippen LogP contribution >= 0.6 is 0 Å². The second-order valence-electron chi connectivity index (χ2n) is 9.40. The molecule has 1 aliphatic carbocycles. The second kappa shape index (κ2) is 11.9. The van der Waals surface area contributed by atoms with Gasteiger partial charge in [-0.15, -0.1) is 0 Å². The van der Waals surface area contributed by atoms with Crippen molar-refractivity contribution in [3.63, 3.8) is 0 Å². The van der Waals surface area contributed by atoms with Gasteiger partial charge in [-0.3, -0.25) is 14.9 Å². The van der Waals surface area contributed by atoms with Gasteiger partial charge in [0.2, 0.25) is 0 Å². The van der Waals surface area contributed by atoms with E-state index in [1.165, 1.54) is 40.8 Å². The van der Waals surface area contributed by atoms with Gasteiger partial charge in [0.25, 0.3) is 0 Å². The Hall–Kier alpha value is -3.34. The van der Waals surface area contributed by atoms with Gasteiger partial charge in [-0.25, -0.2) is 0 Å². The minimum atomic E-state index is 0.378. The molecule has 0 saturated heterocycles. The largest absolute Gasteiger partial charge is 0.307 e. The van der Waals surface area contributed by atoms with Gasteiger partial charge in [0.1, 0.15) is 0 Å². The Morgan fingerprint density at radius 1 is 0.743 bits per heavy atom. The van der Waals surface area contributed by atoms with Gasteiger partial charge >= 0.3 is 0 Å². The summed E-state index contributed by atoms with van der Waals surface area (Å²) in [5.74, 6) is 0. The van der Waals surface area contributed by atoms with Crippen LogP contribution in [0.2, 0.25) is 0 Å². The van der Waals surface area contributed by atoms with Crippen molar-refractivity contribution in [1.82, 2.24) is 20.2 Å². The lowest BCUT2D eigenvalue weighted by Gasteiger charge is -2.35. The first-order valence-electron chi connectivity index (χ1n) is 12.8. The van der Waals surface area contributed by atoms with E-state index in [1.54, 1.807) is 0 Å². The normalized spacial score (nSPS) is 15.2. The van der Waals surface area contributed by atoms with Gasteiger partial charge in [-0.1, -0.05) is 66.7 Å². The maximum atomic E-state index is 4.84. The monoisotopic (exact) mass is 462 g/mol. The minimum Gasteiger partial charge on any atom is -0.307 e. The first-order valence-corrected chi connectivity index (χ1v) is 12.8. The smallest absolute Gasteiger partial charge is 0.0607 e. The molecule has 1 unspecified atom stereocenters. The highest BCUT2D eigenvalue weighted by molar-refractivity contribution is 5.27. The third-order valence-corrected chi connectivity index (χ3v) is 6.91. The van der Waals surface area contributed by atoms with Crippen LogP contribution in [0.15, 0.2) is 97.3 Å². The fourth-order valence-corrected chi connectivity index (χ4v) is 5.04. The standard InChI is InChI=1S/C31H34N4/c1-2-8-25(9-3-1)18-21-35(30-13-6-10-28-11-7-20-34-31(28)30)24-27-16-14-26(15-17-27)22-32-23-29-12-4-5-19-33-29/h1-5,7-9,11-12,14-17,19-20,30,32H,6,10,13,18,21-24H2. The zero-order valence-electron chi connectivity index (χ0n) is 20.3. The Morgan fingerprint density at radius 2 is 1.54 bits per heavy atom. The Labute approximate surface area is 209 Å². The maximum Gasteiger partial charge on any atom is 0.0607 e. The molecule has 4 nitrogen and oxygen atoms in total. The van der Waals surface area contributed by atoms with Crippen LogP contribution in [0.3, 0.4) is 0 Å². The predicted octanol–water partition coefficient (Wildman–Crippen LogP) is 5.89. The number of rotatable bonds is 10. The highest BCUT2D eigenvalue weighted by atomic mass is 15.2. The highest BCUT2D eigenvalue weighted by Gasteiger charge is 2.27. The lowest BCUT2D eigenvalue weighted by Crippen LogP contribution is -2.33. The summed E-state index contributed by atoms with van der Waals surface area (Å²) in [4.78, 5) is 11.9. The molecule has 35 heavy (non-hydrogen) atoms. The van der Waals surface area contributed by atoms with Gasteiger partial charge in [0, 0.05) is 38.6 Å². The quantitative estimate of drug-likeness (QED) is 0.319. The molecular formula is C31H34N4.